The number of carbonyl (C=O) groups is 1. The molecule has 1 aromatic carbocycles. The van der Waals surface area contributed by atoms with E-state index in [1.165, 1.54) is 0 Å². The van der Waals surface area contributed by atoms with E-state index in [1.807, 2.05) is 0 Å². The van der Waals surface area contributed by atoms with Crippen LogP contribution >= 0.6 is 11.6 Å². The first kappa shape index (κ1) is 10.8. The molecule has 14 heavy (non-hydrogen) atoms. The van der Waals surface area contributed by atoms with Crippen molar-refractivity contribution in [3.63, 3.8) is 0 Å². The Labute approximate surface area is 82.5 Å². The molecule has 0 aliphatic carbocycles. The Hall–Kier alpha value is -1.23. The van der Waals surface area contributed by atoms with Gasteiger partial charge in [-0.2, -0.15) is 13.2 Å². The van der Waals surface area contributed by atoms with Crippen LogP contribution in [0.5, 0.6) is 0 Å². The first-order valence-electron chi connectivity index (χ1n) is 3.48. The summed E-state index contributed by atoms with van der Waals surface area (Å²) in [6.07, 6.45) is -4.53. The van der Waals surface area contributed by atoms with E-state index in [-0.39, 0.29) is 10.6 Å². The van der Waals surface area contributed by atoms with Gasteiger partial charge in [-0.1, -0.05) is 11.6 Å². The fourth-order valence-corrected chi connectivity index (χ4v) is 1.13. The maximum atomic E-state index is 12.2. The van der Waals surface area contributed by atoms with Crippen LogP contribution in [0.15, 0.2) is 18.2 Å². The highest BCUT2D eigenvalue weighted by molar-refractivity contribution is 6.31. The molecule has 6 heteroatoms. The SMILES string of the molecule is NC(=O)c1cc(Cl)cc(C(F)(F)F)c1. The highest BCUT2D eigenvalue weighted by atomic mass is 35.5. The third-order valence-corrected chi connectivity index (χ3v) is 1.73. The Morgan fingerprint density at radius 1 is 1.29 bits per heavy atom. The average Bonchev–Trinajstić information content (AvgIpc) is 2.01. The van der Waals surface area contributed by atoms with Crippen LogP contribution in [0.25, 0.3) is 0 Å². The number of nitrogens with two attached hydrogens (primary N) is 1. The summed E-state index contributed by atoms with van der Waals surface area (Å²) >= 11 is 5.39. The first-order valence-corrected chi connectivity index (χ1v) is 3.86. The van der Waals surface area contributed by atoms with Gasteiger partial charge < -0.3 is 5.73 Å². The molecule has 76 valence electrons. The molecule has 1 amide bonds. The van der Waals surface area contributed by atoms with E-state index in [1.54, 1.807) is 0 Å². The highest BCUT2D eigenvalue weighted by Crippen LogP contribution is 2.31. The third-order valence-electron chi connectivity index (χ3n) is 1.51. The van der Waals surface area contributed by atoms with Crippen molar-refractivity contribution in [3.05, 3.63) is 34.3 Å². The number of amides is 1. The molecule has 0 fully saturated rings. The zero-order chi connectivity index (χ0) is 10.9. The van der Waals surface area contributed by atoms with Gasteiger partial charge in [0.15, 0.2) is 0 Å². The molecule has 0 atom stereocenters. The van der Waals surface area contributed by atoms with Crippen LogP contribution in [0.4, 0.5) is 13.2 Å². The van der Waals surface area contributed by atoms with Crippen molar-refractivity contribution in [2.45, 2.75) is 6.18 Å². The van der Waals surface area contributed by atoms with Crippen molar-refractivity contribution in [3.8, 4) is 0 Å². The van der Waals surface area contributed by atoms with Crippen LogP contribution in [0.3, 0.4) is 0 Å². The minimum absolute atomic E-state index is 0.173. The zero-order valence-electron chi connectivity index (χ0n) is 6.73. The smallest absolute Gasteiger partial charge is 0.366 e. The lowest BCUT2D eigenvalue weighted by Gasteiger charge is -2.07. The standard InChI is InChI=1S/C8H5ClF3NO/c9-6-2-4(7(13)14)1-5(3-6)8(10,11)12/h1-3H,(H2,13,14). The topological polar surface area (TPSA) is 43.1 Å². The van der Waals surface area contributed by atoms with Crippen molar-refractivity contribution in [2.24, 2.45) is 5.73 Å². The van der Waals surface area contributed by atoms with Gasteiger partial charge >= 0.3 is 6.18 Å². The van der Waals surface area contributed by atoms with Crippen molar-refractivity contribution >= 4 is 17.5 Å². The van der Waals surface area contributed by atoms with E-state index < -0.39 is 17.6 Å². The summed E-state index contributed by atoms with van der Waals surface area (Å²) in [5.74, 6) is -0.946. The molecule has 1 aromatic rings. The fraction of sp³-hybridized carbons (Fsp3) is 0.125. The predicted octanol–water partition coefficient (Wildman–Crippen LogP) is 2.46. The molecule has 0 aliphatic heterocycles. The highest BCUT2D eigenvalue weighted by Gasteiger charge is 2.31. The molecule has 0 saturated carbocycles. The van der Waals surface area contributed by atoms with E-state index in [2.05, 4.69) is 0 Å². The summed E-state index contributed by atoms with van der Waals surface area (Å²) < 4.78 is 36.6. The first-order chi connectivity index (χ1) is 6.30. The molecule has 0 aromatic heterocycles. The van der Waals surface area contributed by atoms with E-state index in [4.69, 9.17) is 17.3 Å². The number of halogens is 4. The van der Waals surface area contributed by atoms with Gasteiger partial charge in [0.25, 0.3) is 0 Å². The molecule has 2 nitrogen and oxygen atoms in total. The van der Waals surface area contributed by atoms with Crippen LogP contribution in [0, 0.1) is 0 Å². The fourth-order valence-electron chi connectivity index (χ4n) is 0.896. The number of hydrogen-bond donors (Lipinski definition) is 1. The molecule has 0 radical (unpaired) electrons. The summed E-state index contributed by atoms with van der Waals surface area (Å²) in [4.78, 5) is 10.6. The van der Waals surface area contributed by atoms with Gasteiger partial charge in [-0.05, 0) is 18.2 Å². The Morgan fingerprint density at radius 3 is 2.29 bits per heavy atom. The Balaban J connectivity index is 3.28. The van der Waals surface area contributed by atoms with Gasteiger partial charge in [0.05, 0.1) is 5.56 Å². The second kappa shape index (κ2) is 3.49. The second-order valence-electron chi connectivity index (χ2n) is 2.59. The summed E-state index contributed by atoms with van der Waals surface area (Å²) in [6, 6.07) is 2.47. The third kappa shape index (κ3) is 2.38. The van der Waals surface area contributed by atoms with Gasteiger partial charge in [-0.25, -0.2) is 0 Å². The zero-order valence-corrected chi connectivity index (χ0v) is 7.49. The number of rotatable bonds is 1. The number of alkyl halides is 3. The van der Waals surface area contributed by atoms with Crippen LogP contribution in [0.1, 0.15) is 15.9 Å². The molecule has 0 unspecified atom stereocenters. The van der Waals surface area contributed by atoms with E-state index in [0.717, 1.165) is 12.1 Å². The molecule has 1 rings (SSSR count). The van der Waals surface area contributed by atoms with Gasteiger partial charge in [-0.3, -0.25) is 4.79 Å². The predicted molar refractivity (Wildman–Crippen MR) is 45.0 cm³/mol. The number of benzene rings is 1. The number of hydrogen-bond acceptors (Lipinski definition) is 1. The van der Waals surface area contributed by atoms with Crippen LogP contribution < -0.4 is 5.73 Å². The lowest BCUT2D eigenvalue weighted by molar-refractivity contribution is -0.137. The van der Waals surface area contributed by atoms with Crippen molar-refractivity contribution in [1.29, 1.82) is 0 Å². The van der Waals surface area contributed by atoms with Gasteiger partial charge in [0.1, 0.15) is 0 Å². The minimum atomic E-state index is -4.53. The Morgan fingerprint density at radius 2 is 1.86 bits per heavy atom. The lowest BCUT2D eigenvalue weighted by Crippen LogP contribution is -2.13. The molecule has 0 heterocycles. The maximum Gasteiger partial charge on any atom is 0.416 e. The molecular weight excluding hydrogens is 219 g/mol. The van der Waals surface area contributed by atoms with Crippen molar-refractivity contribution < 1.29 is 18.0 Å². The quantitative estimate of drug-likeness (QED) is 0.781. The molecule has 0 saturated heterocycles. The van der Waals surface area contributed by atoms with Gasteiger partial charge in [0, 0.05) is 10.6 Å². The average molecular weight is 224 g/mol. The molecule has 2 N–H and O–H groups in total. The van der Waals surface area contributed by atoms with E-state index in [0.29, 0.717) is 6.07 Å². The molecule has 0 bridgehead atoms. The van der Waals surface area contributed by atoms with Crippen LogP contribution in [-0.2, 0) is 6.18 Å². The largest absolute Gasteiger partial charge is 0.416 e. The van der Waals surface area contributed by atoms with Crippen LogP contribution in [0.2, 0.25) is 5.02 Å². The Bertz CT molecular complexity index is 375. The van der Waals surface area contributed by atoms with Gasteiger partial charge in [-0.15, -0.1) is 0 Å². The number of carbonyl (C=O) groups excluding carboxylic acids is 1. The van der Waals surface area contributed by atoms with Crippen LogP contribution in [-0.4, -0.2) is 5.91 Å². The summed E-state index contributed by atoms with van der Waals surface area (Å²) in [5.41, 5.74) is 3.58. The normalized spacial score (nSPS) is 11.4. The molecule has 0 aliphatic rings. The summed E-state index contributed by atoms with van der Waals surface area (Å²) in [6.45, 7) is 0. The van der Waals surface area contributed by atoms with E-state index >= 15 is 0 Å². The molecular formula is C8H5ClF3NO. The lowest BCUT2D eigenvalue weighted by atomic mass is 10.1. The minimum Gasteiger partial charge on any atom is -0.366 e. The summed E-state index contributed by atoms with van der Waals surface area (Å²) in [7, 11) is 0. The Kier molecular flexibility index (Phi) is 2.71. The van der Waals surface area contributed by atoms with Crippen molar-refractivity contribution in [1.82, 2.24) is 0 Å². The molecule has 0 spiro atoms. The van der Waals surface area contributed by atoms with Crippen molar-refractivity contribution in [2.75, 3.05) is 0 Å². The van der Waals surface area contributed by atoms with Gasteiger partial charge in [0.2, 0.25) is 5.91 Å². The number of primary amides is 1. The van der Waals surface area contributed by atoms with E-state index in [9.17, 15) is 18.0 Å². The summed E-state index contributed by atoms with van der Waals surface area (Å²) in [5, 5.41) is -0.173. The monoisotopic (exact) mass is 223 g/mol. The second-order valence-corrected chi connectivity index (χ2v) is 3.03. The maximum absolute atomic E-state index is 12.2.